The van der Waals surface area contributed by atoms with E-state index in [1.807, 2.05) is 6.92 Å². The van der Waals surface area contributed by atoms with Crippen molar-refractivity contribution in [2.75, 3.05) is 0 Å². The monoisotopic (exact) mass is 438 g/mol. The molecule has 0 aromatic rings. The van der Waals surface area contributed by atoms with Crippen molar-refractivity contribution in [2.45, 2.75) is 71.3 Å². The fourth-order valence-electron chi connectivity index (χ4n) is 2.99. The fraction of sp³-hybridized carbons (Fsp3) is 0.600. The van der Waals surface area contributed by atoms with E-state index < -0.39 is 41.9 Å². The second-order valence-electron chi connectivity index (χ2n) is 7.35. The average Bonchev–Trinajstić information content (AvgIpc) is 3.20. The maximum absolute atomic E-state index is 12.0. The minimum Gasteiger partial charge on any atom is -0.425 e. The van der Waals surface area contributed by atoms with Gasteiger partial charge in [-0.15, -0.1) is 5.06 Å². The summed E-state index contributed by atoms with van der Waals surface area (Å²) in [4.78, 5) is 79.6. The van der Waals surface area contributed by atoms with Crippen molar-refractivity contribution >= 4 is 35.8 Å². The van der Waals surface area contributed by atoms with Crippen molar-refractivity contribution in [3.8, 4) is 0 Å². The lowest BCUT2D eigenvalue weighted by Crippen LogP contribution is -2.33. The molecule has 2 aliphatic rings. The van der Waals surface area contributed by atoms with E-state index in [1.165, 1.54) is 0 Å². The van der Waals surface area contributed by atoms with Crippen molar-refractivity contribution in [1.82, 2.24) is 10.1 Å². The molecule has 2 atom stereocenters. The summed E-state index contributed by atoms with van der Waals surface area (Å²) in [5.74, 6) is -3.20. The Morgan fingerprint density at radius 3 is 1.94 bits per heavy atom. The van der Waals surface area contributed by atoms with E-state index in [1.54, 1.807) is 19.1 Å². The first-order chi connectivity index (χ1) is 14.7. The molecule has 0 aromatic heterocycles. The Morgan fingerprint density at radius 2 is 1.42 bits per heavy atom. The van der Waals surface area contributed by atoms with Crippen LogP contribution in [-0.2, 0) is 38.4 Å². The molecule has 31 heavy (non-hydrogen) atoms. The Balaban J connectivity index is 1.81. The fourth-order valence-corrected chi connectivity index (χ4v) is 2.99. The minimum atomic E-state index is -1.17. The maximum Gasteiger partial charge on any atom is 0.534 e. The van der Waals surface area contributed by atoms with Crippen LogP contribution in [0.3, 0.4) is 0 Å². The number of carbonyl (C=O) groups is 6. The number of imide groups is 2. The van der Waals surface area contributed by atoms with Gasteiger partial charge in [0.15, 0.2) is 0 Å². The van der Waals surface area contributed by atoms with E-state index in [-0.39, 0.29) is 38.0 Å². The summed E-state index contributed by atoms with van der Waals surface area (Å²) in [6.07, 6.45) is 3.02. The van der Waals surface area contributed by atoms with Crippen molar-refractivity contribution in [3.63, 3.8) is 0 Å². The number of hydrogen-bond donors (Lipinski definition) is 0. The molecule has 2 rings (SSSR count). The average molecular weight is 438 g/mol. The molecule has 0 spiro atoms. The Hall–Kier alpha value is -3.24. The van der Waals surface area contributed by atoms with Crippen LogP contribution in [0.15, 0.2) is 12.2 Å². The number of hydrogen-bond acceptors (Lipinski definition) is 9. The summed E-state index contributed by atoms with van der Waals surface area (Å²) in [5, 5.41) is 0.907. The van der Waals surface area contributed by atoms with Crippen LogP contribution in [0.25, 0.3) is 0 Å². The van der Waals surface area contributed by atoms with Crippen molar-refractivity contribution in [2.24, 2.45) is 5.92 Å². The maximum atomic E-state index is 12.0. The molecule has 2 heterocycles. The molecule has 11 nitrogen and oxygen atoms in total. The molecule has 170 valence electrons. The SMILES string of the molecule is CC/C=C/C(CCC(C)CC(=O)ON1C(=O)CCC1=O)OC(=O)ON1C(=O)CCC1=O. The number of carbonyl (C=O) groups excluding carboxylic acids is 6. The molecule has 4 amide bonds. The van der Waals surface area contributed by atoms with E-state index in [2.05, 4.69) is 0 Å². The van der Waals surface area contributed by atoms with Crippen LogP contribution < -0.4 is 0 Å². The van der Waals surface area contributed by atoms with Crippen LogP contribution in [0.4, 0.5) is 4.79 Å². The number of rotatable bonds is 10. The molecule has 0 aromatic carbocycles. The topological polar surface area (TPSA) is 137 Å². The quantitative estimate of drug-likeness (QED) is 0.285. The molecule has 0 aliphatic carbocycles. The van der Waals surface area contributed by atoms with Crippen molar-refractivity contribution in [3.05, 3.63) is 12.2 Å². The second kappa shape index (κ2) is 11.2. The highest BCUT2D eigenvalue weighted by Crippen LogP contribution is 2.19. The molecule has 2 unspecified atom stereocenters. The normalized spacial score (nSPS) is 18.6. The number of allylic oxidation sites excluding steroid dienone is 1. The molecule has 2 saturated heterocycles. The third-order valence-electron chi connectivity index (χ3n) is 4.66. The lowest BCUT2D eigenvalue weighted by atomic mass is 9.99. The Labute approximate surface area is 179 Å². The van der Waals surface area contributed by atoms with Gasteiger partial charge in [-0.2, -0.15) is 0 Å². The van der Waals surface area contributed by atoms with E-state index in [0.29, 0.717) is 29.4 Å². The molecular formula is C20H26N2O9. The highest BCUT2D eigenvalue weighted by atomic mass is 16.8. The molecule has 2 fully saturated rings. The Kier molecular flexibility index (Phi) is 8.71. The lowest BCUT2D eigenvalue weighted by Gasteiger charge is -2.19. The van der Waals surface area contributed by atoms with Gasteiger partial charge in [-0.25, -0.2) is 9.59 Å². The van der Waals surface area contributed by atoms with Gasteiger partial charge in [0.1, 0.15) is 6.10 Å². The van der Waals surface area contributed by atoms with Gasteiger partial charge in [0.25, 0.3) is 23.6 Å². The number of hydroxylamine groups is 4. The van der Waals surface area contributed by atoms with E-state index in [9.17, 15) is 28.8 Å². The van der Waals surface area contributed by atoms with Gasteiger partial charge in [-0.1, -0.05) is 25.0 Å². The van der Waals surface area contributed by atoms with Crippen molar-refractivity contribution < 1.29 is 43.2 Å². The molecule has 2 aliphatic heterocycles. The lowest BCUT2D eigenvalue weighted by molar-refractivity contribution is -0.198. The summed E-state index contributed by atoms with van der Waals surface area (Å²) in [6.45, 7) is 3.67. The molecule has 0 N–H and O–H groups in total. The second-order valence-corrected chi connectivity index (χ2v) is 7.35. The van der Waals surface area contributed by atoms with Crippen LogP contribution in [0, 0.1) is 5.92 Å². The van der Waals surface area contributed by atoms with Gasteiger partial charge in [0, 0.05) is 25.7 Å². The first-order valence-corrected chi connectivity index (χ1v) is 10.2. The van der Waals surface area contributed by atoms with Gasteiger partial charge in [-0.3, -0.25) is 24.0 Å². The molecular weight excluding hydrogens is 412 g/mol. The van der Waals surface area contributed by atoms with Crippen molar-refractivity contribution in [1.29, 1.82) is 0 Å². The summed E-state index contributed by atoms with van der Waals surface area (Å²) < 4.78 is 5.19. The molecule has 0 radical (unpaired) electrons. The van der Waals surface area contributed by atoms with Gasteiger partial charge < -0.3 is 9.57 Å². The highest BCUT2D eigenvalue weighted by Gasteiger charge is 2.34. The third kappa shape index (κ3) is 7.19. The molecule has 11 heteroatoms. The van der Waals surface area contributed by atoms with Gasteiger partial charge in [0.2, 0.25) is 0 Å². The van der Waals surface area contributed by atoms with Gasteiger partial charge in [-0.05, 0) is 31.3 Å². The Morgan fingerprint density at radius 1 is 0.903 bits per heavy atom. The summed E-state index contributed by atoms with van der Waals surface area (Å²) >= 11 is 0. The number of amides is 4. The molecule has 0 saturated carbocycles. The summed E-state index contributed by atoms with van der Waals surface area (Å²) in [5.41, 5.74) is 0. The Bertz CT molecular complexity index is 745. The zero-order valence-corrected chi connectivity index (χ0v) is 17.5. The van der Waals surface area contributed by atoms with Gasteiger partial charge in [0.05, 0.1) is 6.42 Å². The minimum absolute atomic E-state index is 0.0203. The predicted octanol–water partition coefficient (Wildman–Crippen LogP) is 1.95. The van der Waals surface area contributed by atoms with Crippen LogP contribution in [0.5, 0.6) is 0 Å². The first kappa shape index (κ1) is 24.0. The van der Waals surface area contributed by atoms with E-state index in [4.69, 9.17) is 14.4 Å². The van der Waals surface area contributed by atoms with Gasteiger partial charge >= 0.3 is 12.1 Å². The zero-order valence-electron chi connectivity index (χ0n) is 17.5. The smallest absolute Gasteiger partial charge is 0.425 e. The third-order valence-corrected chi connectivity index (χ3v) is 4.66. The van der Waals surface area contributed by atoms with E-state index >= 15 is 0 Å². The van der Waals surface area contributed by atoms with Crippen LogP contribution in [0.1, 0.15) is 65.2 Å². The van der Waals surface area contributed by atoms with Crippen LogP contribution in [0.2, 0.25) is 0 Å². The van der Waals surface area contributed by atoms with Crippen LogP contribution >= 0.6 is 0 Å². The summed E-state index contributed by atoms with van der Waals surface area (Å²) in [7, 11) is 0. The zero-order chi connectivity index (χ0) is 23.0. The van der Waals surface area contributed by atoms with E-state index in [0.717, 1.165) is 0 Å². The summed E-state index contributed by atoms with van der Waals surface area (Å²) in [6, 6.07) is 0. The first-order valence-electron chi connectivity index (χ1n) is 10.2. The largest absolute Gasteiger partial charge is 0.534 e. The predicted molar refractivity (Wildman–Crippen MR) is 102 cm³/mol. The molecule has 0 bridgehead atoms. The standard InChI is InChI=1S/C20H26N2O9/c1-3-4-5-14(29-20(28)31-22-17(25)10-11-18(22)26)7-6-13(2)12-19(27)30-21-15(23)8-9-16(21)24/h4-5,13-14H,3,6-12H2,1-2H3/b5-4+. The number of nitrogens with zero attached hydrogens (tertiary/aromatic N) is 2. The highest BCUT2D eigenvalue weighted by molar-refractivity contribution is 6.02. The number of ether oxygens (including phenoxy) is 1. The van der Waals surface area contributed by atoms with Crippen LogP contribution in [-0.4, -0.2) is 52.0 Å².